The van der Waals surface area contributed by atoms with E-state index in [2.05, 4.69) is 17.2 Å². The number of benzene rings is 2. The zero-order chi connectivity index (χ0) is 25.6. The van der Waals surface area contributed by atoms with E-state index in [4.69, 9.17) is 17.3 Å². The number of fused-ring (bicyclic) bond motifs is 2. The second-order valence-electron chi connectivity index (χ2n) is 9.21. The van der Waals surface area contributed by atoms with Crippen LogP contribution in [0.5, 0.6) is 0 Å². The largest absolute Gasteiger partial charge is 0.370 e. The summed E-state index contributed by atoms with van der Waals surface area (Å²) in [5, 5.41) is 5.87. The summed E-state index contributed by atoms with van der Waals surface area (Å²) >= 11 is 7.39. The van der Waals surface area contributed by atoms with Gasteiger partial charge in [0.2, 0.25) is 15.9 Å². The van der Waals surface area contributed by atoms with Crippen LogP contribution in [0.2, 0.25) is 5.02 Å². The quantitative estimate of drug-likeness (QED) is 0.475. The first-order valence-electron chi connectivity index (χ1n) is 11.6. The molecular formula is C24H27Cl2N5O4S2. The molecule has 3 heterocycles. The molecule has 0 radical (unpaired) electrons. The predicted molar refractivity (Wildman–Crippen MR) is 146 cm³/mol. The summed E-state index contributed by atoms with van der Waals surface area (Å²) < 4.78 is 28.3. The molecule has 3 N–H and O–H groups in total. The van der Waals surface area contributed by atoms with Crippen LogP contribution < -0.4 is 11.1 Å². The molecule has 2 unspecified atom stereocenters. The molecule has 2 atom stereocenters. The van der Waals surface area contributed by atoms with E-state index in [-0.39, 0.29) is 55.3 Å². The fourth-order valence-corrected chi connectivity index (χ4v) is 7.43. The molecule has 2 amide bonds. The number of carbonyl (C=O) groups excluding carboxylic acids is 2. The van der Waals surface area contributed by atoms with Gasteiger partial charge in [-0.1, -0.05) is 23.7 Å². The molecule has 9 nitrogen and oxygen atoms in total. The van der Waals surface area contributed by atoms with Crippen molar-refractivity contribution < 1.29 is 18.0 Å². The molecule has 1 saturated heterocycles. The average Bonchev–Trinajstić information content (AvgIpc) is 3.26. The molecule has 1 aromatic heterocycles. The van der Waals surface area contributed by atoms with Crippen molar-refractivity contribution in [1.29, 1.82) is 0 Å². The zero-order valence-corrected chi connectivity index (χ0v) is 23.2. The number of carbonyl (C=O) groups is 2. The molecule has 0 saturated carbocycles. The van der Waals surface area contributed by atoms with Gasteiger partial charge in [-0.2, -0.15) is 4.31 Å². The Morgan fingerprint density at radius 1 is 1.19 bits per heavy atom. The first-order valence-corrected chi connectivity index (χ1v) is 14.3. The summed E-state index contributed by atoms with van der Waals surface area (Å²) in [4.78, 5) is 32.6. The SMILES string of the molecule is CC1Cc2nc(C(=O)N3CCN(S(=O)(=O)c4ccc5cc(Cl)ccc5c4)CC3CC(N)=O)sc2CN1.Cl. The fourth-order valence-electron chi connectivity index (χ4n) is 4.75. The highest BCUT2D eigenvalue weighted by atomic mass is 35.5. The Bertz CT molecular complexity index is 1460. The third-order valence-corrected chi connectivity index (χ3v) is 9.81. The van der Waals surface area contributed by atoms with E-state index < -0.39 is 22.0 Å². The first-order chi connectivity index (χ1) is 17.1. The van der Waals surface area contributed by atoms with Crippen LogP contribution in [0.3, 0.4) is 0 Å². The van der Waals surface area contributed by atoms with E-state index in [0.717, 1.165) is 27.8 Å². The molecule has 2 aromatic carbocycles. The minimum Gasteiger partial charge on any atom is -0.370 e. The minimum atomic E-state index is -3.87. The Kier molecular flexibility index (Phi) is 8.13. The Morgan fingerprint density at radius 3 is 2.68 bits per heavy atom. The number of sulfonamides is 1. The van der Waals surface area contributed by atoms with Crippen molar-refractivity contribution >= 4 is 68.0 Å². The number of rotatable bonds is 5. The van der Waals surface area contributed by atoms with Gasteiger partial charge in [-0.25, -0.2) is 13.4 Å². The standard InChI is InChI=1S/C24H26ClN5O4S2.ClH/c1-14-8-20-21(12-27-14)35-23(28-20)24(32)30-7-6-29(13-18(30)11-22(26)31)36(33,34)19-5-3-15-9-17(25)4-2-16(15)10-19;/h2-5,9-10,14,18,27H,6-8,11-13H2,1H3,(H2,26,31);1H. The lowest BCUT2D eigenvalue weighted by Crippen LogP contribution is -2.57. The number of halogens is 2. The van der Waals surface area contributed by atoms with Gasteiger partial charge in [0.05, 0.1) is 16.6 Å². The zero-order valence-electron chi connectivity index (χ0n) is 20.0. The van der Waals surface area contributed by atoms with Gasteiger partial charge in [0.25, 0.3) is 5.91 Å². The predicted octanol–water partition coefficient (Wildman–Crippen LogP) is 2.80. The lowest BCUT2D eigenvalue weighted by Gasteiger charge is -2.40. The van der Waals surface area contributed by atoms with Gasteiger partial charge in [-0.05, 0) is 42.0 Å². The number of aromatic nitrogens is 1. The maximum atomic E-state index is 13.5. The van der Waals surface area contributed by atoms with Gasteiger partial charge in [0.1, 0.15) is 0 Å². The van der Waals surface area contributed by atoms with Crippen molar-refractivity contribution in [2.75, 3.05) is 19.6 Å². The normalized spacial score (nSPS) is 20.3. The molecule has 0 bridgehead atoms. The number of amides is 2. The first kappa shape index (κ1) is 27.7. The topological polar surface area (TPSA) is 126 Å². The van der Waals surface area contributed by atoms with Crippen LogP contribution in [0.4, 0.5) is 0 Å². The highest BCUT2D eigenvalue weighted by molar-refractivity contribution is 7.89. The van der Waals surface area contributed by atoms with Gasteiger partial charge in [0.15, 0.2) is 5.01 Å². The number of piperazine rings is 1. The molecule has 1 fully saturated rings. The highest BCUT2D eigenvalue weighted by Crippen LogP contribution is 2.29. The fraction of sp³-hybridized carbons (Fsp3) is 0.375. The average molecular weight is 585 g/mol. The molecule has 0 aliphatic carbocycles. The molecule has 37 heavy (non-hydrogen) atoms. The minimum absolute atomic E-state index is 0. The van der Waals surface area contributed by atoms with Crippen LogP contribution in [0.1, 0.15) is 33.7 Å². The van der Waals surface area contributed by atoms with Crippen molar-refractivity contribution in [2.45, 2.75) is 43.3 Å². The van der Waals surface area contributed by atoms with Gasteiger partial charge >= 0.3 is 0 Å². The van der Waals surface area contributed by atoms with E-state index in [0.29, 0.717) is 16.6 Å². The van der Waals surface area contributed by atoms with Crippen LogP contribution in [0.25, 0.3) is 10.8 Å². The summed E-state index contributed by atoms with van der Waals surface area (Å²) in [5.41, 5.74) is 6.40. The molecule has 0 spiro atoms. The van der Waals surface area contributed by atoms with Crippen molar-refractivity contribution in [3.63, 3.8) is 0 Å². The van der Waals surface area contributed by atoms with E-state index in [1.807, 2.05) is 0 Å². The monoisotopic (exact) mass is 583 g/mol. The summed E-state index contributed by atoms with van der Waals surface area (Å²) in [6, 6.07) is 9.72. The Balaban J connectivity index is 0.00000320. The van der Waals surface area contributed by atoms with Crippen LogP contribution in [0.15, 0.2) is 41.3 Å². The Labute approximate surface area is 230 Å². The summed E-state index contributed by atoms with van der Waals surface area (Å²) in [7, 11) is -3.87. The number of nitrogens with zero attached hydrogens (tertiary/aromatic N) is 3. The number of hydrogen-bond acceptors (Lipinski definition) is 7. The summed E-state index contributed by atoms with van der Waals surface area (Å²) in [6.45, 7) is 2.94. The second kappa shape index (κ2) is 10.8. The number of primary amides is 1. The molecule has 3 aromatic rings. The van der Waals surface area contributed by atoms with Crippen LogP contribution in [0, 0.1) is 0 Å². The summed E-state index contributed by atoms with van der Waals surface area (Å²) in [6.07, 6.45) is 0.603. The van der Waals surface area contributed by atoms with E-state index in [1.165, 1.54) is 15.6 Å². The molecule has 13 heteroatoms. The van der Waals surface area contributed by atoms with E-state index in [9.17, 15) is 18.0 Å². The molecule has 5 rings (SSSR count). The smallest absolute Gasteiger partial charge is 0.283 e. The maximum Gasteiger partial charge on any atom is 0.283 e. The van der Waals surface area contributed by atoms with Crippen molar-refractivity contribution in [2.24, 2.45) is 5.73 Å². The van der Waals surface area contributed by atoms with Gasteiger partial charge in [-0.3, -0.25) is 9.59 Å². The second-order valence-corrected chi connectivity index (χ2v) is 12.7. The van der Waals surface area contributed by atoms with Gasteiger partial charge < -0.3 is 16.0 Å². The molecule has 2 aliphatic rings. The van der Waals surface area contributed by atoms with Crippen LogP contribution >= 0.6 is 35.3 Å². The lowest BCUT2D eigenvalue weighted by atomic mass is 10.1. The molecule has 198 valence electrons. The number of nitrogens with one attached hydrogen (secondary N) is 1. The molecule has 2 aliphatic heterocycles. The molecular weight excluding hydrogens is 557 g/mol. The van der Waals surface area contributed by atoms with Gasteiger partial charge in [-0.15, -0.1) is 23.7 Å². The van der Waals surface area contributed by atoms with Crippen molar-refractivity contribution in [3.05, 3.63) is 57.0 Å². The van der Waals surface area contributed by atoms with E-state index >= 15 is 0 Å². The third kappa shape index (κ3) is 5.62. The lowest BCUT2D eigenvalue weighted by molar-refractivity contribution is -0.119. The number of thiazole rings is 1. The van der Waals surface area contributed by atoms with E-state index in [1.54, 1.807) is 41.3 Å². The Hall–Kier alpha value is -2.28. The van der Waals surface area contributed by atoms with Crippen molar-refractivity contribution in [1.82, 2.24) is 19.5 Å². The number of nitrogens with two attached hydrogens (primary N) is 1. The maximum absolute atomic E-state index is 13.5. The number of hydrogen-bond donors (Lipinski definition) is 2. The van der Waals surface area contributed by atoms with Gasteiger partial charge in [0, 0.05) is 55.0 Å². The van der Waals surface area contributed by atoms with Crippen LogP contribution in [-0.4, -0.2) is 66.1 Å². The van der Waals surface area contributed by atoms with Crippen molar-refractivity contribution in [3.8, 4) is 0 Å². The highest BCUT2D eigenvalue weighted by Gasteiger charge is 2.38. The Morgan fingerprint density at radius 2 is 1.92 bits per heavy atom. The summed E-state index contributed by atoms with van der Waals surface area (Å²) in [5.74, 6) is -0.899. The third-order valence-electron chi connectivity index (χ3n) is 6.63. The van der Waals surface area contributed by atoms with Crippen LogP contribution in [-0.2, 0) is 27.8 Å².